The molecular formula is C7H11Cl2N5O2S. The van der Waals surface area contributed by atoms with Gasteiger partial charge < -0.3 is 5.32 Å². The van der Waals surface area contributed by atoms with Gasteiger partial charge in [-0.25, -0.2) is 13.1 Å². The summed E-state index contributed by atoms with van der Waals surface area (Å²) in [6.45, 7) is 0.812. The highest BCUT2D eigenvalue weighted by molar-refractivity contribution is 7.88. The first-order chi connectivity index (χ1) is 7.88. The SMILES string of the molecule is CS(=O)(=O)NCCCNc1nc(Cl)nnc1Cl. The molecule has 0 saturated heterocycles. The van der Waals surface area contributed by atoms with Crippen LogP contribution in [-0.2, 0) is 10.0 Å². The zero-order chi connectivity index (χ0) is 12.9. The van der Waals surface area contributed by atoms with E-state index >= 15 is 0 Å². The second-order valence-corrected chi connectivity index (χ2v) is 5.70. The van der Waals surface area contributed by atoms with Crippen LogP contribution in [0.3, 0.4) is 0 Å². The van der Waals surface area contributed by atoms with Crippen LogP contribution in [0.2, 0.25) is 10.4 Å². The molecule has 0 bridgehead atoms. The Labute approximate surface area is 109 Å². The van der Waals surface area contributed by atoms with Crippen molar-refractivity contribution in [2.45, 2.75) is 6.42 Å². The summed E-state index contributed by atoms with van der Waals surface area (Å²) in [5.74, 6) is 0.325. The van der Waals surface area contributed by atoms with E-state index in [1.165, 1.54) is 0 Å². The molecule has 0 aliphatic carbocycles. The average Bonchev–Trinajstić information content (AvgIpc) is 2.21. The lowest BCUT2D eigenvalue weighted by Crippen LogP contribution is -2.24. The molecule has 10 heteroatoms. The van der Waals surface area contributed by atoms with Gasteiger partial charge in [0.15, 0.2) is 11.0 Å². The summed E-state index contributed by atoms with van der Waals surface area (Å²) in [6, 6.07) is 0. The van der Waals surface area contributed by atoms with Crippen molar-refractivity contribution in [3.63, 3.8) is 0 Å². The molecular weight excluding hydrogens is 289 g/mol. The predicted octanol–water partition coefficient (Wildman–Crippen LogP) is 0.530. The predicted molar refractivity (Wildman–Crippen MR) is 65.8 cm³/mol. The molecule has 0 aromatic carbocycles. The Morgan fingerprint density at radius 3 is 2.59 bits per heavy atom. The molecule has 2 N–H and O–H groups in total. The number of sulfonamides is 1. The van der Waals surface area contributed by atoms with E-state index in [-0.39, 0.29) is 10.4 Å². The van der Waals surface area contributed by atoms with Crippen LogP contribution in [0.5, 0.6) is 0 Å². The van der Waals surface area contributed by atoms with Gasteiger partial charge in [0.2, 0.25) is 15.3 Å². The highest BCUT2D eigenvalue weighted by atomic mass is 35.5. The molecule has 1 rings (SSSR count). The van der Waals surface area contributed by atoms with Gasteiger partial charge >= 0.3 is 0 Å². The lowest BCUT2D eigenvalue weighted by molar-refractivity contribution is 0.586. The van der Waals surface area contributed by atoms with Gasteiger partial charge in [-0.05, 0) is 18.0 Å². The zero-order valence-corrected chi connectivity index (χ0v) is 11.3. The Bertz CT molecular complexity index is 481. The molecule has 0 saturated carbocycles. The van der Waals surface area contributed by atoms with Crippen LogP contribution < -0.4 is 10.0 Å². The van der Waals surface area contributed by atoms with E-state index in [4.69, 9.17) is 23.2 Å². The van der Waals surface area contributed by atoms with E-state index in [9.17, 15) is 8.42 Å². The molecule has 1 aromatic heterocycles. The maximum atomic E-state index is 10.8. The Balaban J connectivity index is 2.34. The maximum absolute atomic E-state index is 10.8. The van der Waals surface area contributed by atoms with Crippen LogP contribution in [0.15, 0.2) is 0 Å². The fraction of sp³-hybridized carbons (Fsp3) is 0.571. The molecule has 7 nitrogen and oxygen atoms in total. The smallest absolute Gasteiger partial charge is 0.245 e. The molecule has 0 amide bonds. The first-order valence-corrected chi connectivity index (χ1v) is 7.27. The monoisotopic (exact) mass is 299 g/mol. The van der Waals surface area contributed by atoms with Gasteiger partial charge in [0.05, 0.1) is 6.26 Å². The summed E-state index contributed by atoms with van der Waals surface area (Å²) in [5.41, 5.74) is 0. The minimum absolute atomic E-state index is 0.00818. The first-order valence-electron chi connectivity index (χ1n) is 4.63. The van der Waals surface area contributed by atoms with Gasteiger partial charge in [0, 0.05) is 13.1 Å². The van der Waals surface area contributed by atoms with Crippen molar-refractivity contribution in [2.24, 2.45) is 0 Å². The quantitative estimate of drug-likeness (QED) is 0.744. The Morgan fingerprint density at radius 2 is 1.94 bits per heavy atom. The number of aromatic nitrogens is 3. The molecule has 96 valence electrons. The fourth-order valence-electron chi connectivity index (χ4n) is 0.958. The Hall–Kier alpha value is -0.700. The number of hydrogen-bond acceptors (Lipinski definition) is 6. The van der Waals surface area contributed by atoms with Crippen LogP contribution in [0.4, 0.5) is 5.82 Å². The molecule has 0 aliphatic heterocycles. The highest BCUT2D eigenvalue weighted by Crippen LogP contribution is 2.15. The average molecular weight is 300 g/mol. The van der Waals surface area contributed by atoms with E-state index in [1.807, 2.05) is 0 Å². The second-order valence-electron chi connectivity index (χ2n) is 3.17. The van der Waals surface area contributed by atoms with Crippen LogP contribution in [0.25, 0.3) is 0 Å². The second kappa shape index (κ2) is 6.29. The van der Waals surface area contributed by atoms with Crippen LogP contribution >= 0.6 is 23.2 Å². The standard InChI is InChI=1S/C7H11Cl2N5O2S/c1-17(15,16)11-4-2-3-10-6-5(8)13-14-7(9)12-6/h11H,2-4H2,1H3,(H,10,12,14). The topological polar surface area (TPSA) is 96.9 Å². The van der Waals surface area contributed by atoms with Crippen molar-refractivity contribution >= 4 is 39.0 Å². The highest BCUT2D eigenvalue weighted by Gasteiger charge is 2.05. The Kier molecular flexibility index (Phi) is 5.31. The van der Waals surface area contributed by atoms with E-state index in [1.54, 1.807) is 0 Å². The molecule has 0 aliphatic rings. The minimum atomic E-state index is -3.15. The third-order valence-corrected chi connectivity index (χ3v) is 2.77. The summed E-state index contributed by atoms with van der Waals surface area (Å²) in [7, 11) is -3.15. The normalized spacial score (nSPS) is 11.5. The lowest BCUT2D eigenvalue weighted by atomic mass is 10.4. The largest absolute Gasteiger partial charge is 0.367 e. The van der Waals surface area contributed by atoms with Gasteiger partial charge in [0.1, 0.15) is 0 Å². The van der Waals surface area contributed by atoms with Gasteiger partial charge in [-0.3, -0.25) is 0 Å². The Morgan fingerprint density at radius 1 is 1.24 bits per heavy atom. The van der Waals surface area contributed by atoms with Crippen molar-refractivity contribution in [1.82, 2.24) is 19.9 Å². The van der Waals surface area contributed by atoms with Crippen molar-refractivity contribution in [1.29, 1.82) is 0 Å². The van der Waals surface area contributed by atoms with E-state index < -0.39 is 10.0 Å². The lowest BCUT2D eigenvalue weighted by Gasteiger charge is -2.06. The van der Waals surface area contributed by atoms with Crippen molar-refractivity contribution in [3.05, 3.63) is 10.4 Å². The van der Waals surface area contributed by atoms with Gasteiger partial charge in [-0.1, -0.05) is 11.6 Å². The van der Waals surface area contributed by atoms with E-state index in [0.29, 0.717) is 25.3 Å². The van der Waals surface area contributed by atoms with Crippen molar-refractivity contribution in [2.75, 3.05) is 24.7 Å². The summed E-state index contributed by atoms with van der Waals surface area (Å²) in [5, 5.41) is 10.0. The number of rotatable bonds is 6. The fourth-order valence-corrected chi connectivity index (χ4v) is 1.74. The van der Waals surface area contributed by atoms with Crippen molar-refractivity contribution in [3.8, 4) is 0 Å². The number of anilines is 1. The van der Waals surface area contributed by atoms with Crippen LogP contribution in [-0.4, -0.2) is 42.9 Å². The number of hydrogen-bond donors (Lipinski definition) is 2. The molecule has 17 heavy (non-hydrogen) atoms. The summed E-state index contributed by atoms with van der Waals surface area (Å²) < 4.78 is 23.9. The number of nitrogens with zero attached hydrogens (tertiary/aromatic N) is 3. The molecule has 0 unspecified atom stereocenters. The summed E-state index contributed by atoms with van der Waals surface area (Å²) in [4.78, 5) is 3.83. The van der Waals surface area contributed by atoms with E-state index in [0.717, 1.165) is 6.26 Å². The van der Waals surface area contributed by atoms with Crippen LogP contribution in [0.1, 0.15) is 6.42 Å². The third-order valence-electron chi connectivity index (χ3n) is 1.63. The van der Waals surface area contributed by atoms with Crippen LogP contribution in [0, 0.1) is 0 Å². The third kappa shape index (κ3) is 5.97. The summed E-state index contributed by atoms with van der Waals surface area (Å²) >= 11 is 11.3. The van der Waals surface area contributed by atoms with Crippen molar-refractivity contribution < 1.29 is 8.42 Å². The molecule has 1 aromatic rings. The van der Waals surface area contributed by atoms with Gasteiger partial charge in [-0.15, -0.1) is 10.2 Å². The maximum Gasteiger partial charge on any atom is 0.245 e. The molecule has 0 atom stereocenters. The first kappa shape index (κ1) is 14.4. The number of halogens is 2. The zero-order valence-electron chi connectivity index (χ0n) is 8.94. The molecule has 0 spiro atoms. The number of nitrogens with one attached hydrogen (secondary N) is 2. The van der Waals surface area contributed by atoms with Gasteiger partial charge in [0.25, 0.3) is 0 Å². The molecule has 1 heterocycles. The molecule has 0 fully saturated rings. The minimum Gasteiger partial charge on any atom is -0.367 e. The molecule has 0 radical (unpaired) electrons. The van der Waals surface area contributed by atoms with E-state index in [2.05, 4.69) is 25.2 Å². The summed E-state index contributed by atoms with van der Waals surface area (Å²) in [6.07, 6.45) is 1.68. The van der Waals surface area contributed by atoms with Gasteiger partial charge in [-0.2, -0.15) is 4.98 Å².